The fraction of sp³-hybridized carbons (Fsp3) is 0.333. The molecule has 168 valence electrons. The molecule has 0 atom stereocenters. The molecule has 0 unspecified atom stereocenters. The summed E-state index contributed by atoms with van der Waals surface area (Å²) in [5.74, 6) is 1.85. The largest absolute Gasteiger partial charge is 0.491 e. The van der Waals surface area contributed by atoms with E-state index in [1.807, 2.05) is 23.7 Å². The summed E-state index contributed by atoms with van der Waals surface area (Å²) < 4.78 is 20.2. The van der Waals surface area contributed by atoms with Crippen LogP contribution in [0.25, 0.3) is 28.2 Å². The van der Waals surface area contributed by atoms with Crippen LogP contribution in [0, 0.1) is 6.92 Å². The summed E-state index contributed by atoms with van der Waals surface area (Å²) in [6.45, 7) is 4.01. The van der Waals surface area contributed by atoms with E-state index < -0.39 is 0 Å². The van der Waals surface area contributed by atoms with Gasteiger partial charge in [0.15, 0.2) is 17.1 Å². The Balaban J connectivity index is 1.27. The van der Waals surface area contributed by atoms with Crippen molar-refractivity contribution in [2.75, 3.05) is 27.2 Å². The average molecular weight is 447 g/mol. The van der Waals surface area contributed by atoms with Gasteiger partial charge in [0.2, 0.25) is 5.82 Å². The molecule has 0 spiro atoms. The van der Waals surface area contributed by atoms with Gasteiger partial charge in [-0.3, -0.25) is 4.68 Å². The molecule has 5 aromatic rings. The number of pyridine rings is 1. The Labute approximate surface area is 187 Å². The van der Waals surface area contributed by atoms with Gasteiger partial charge in [-0.15, -0.1) is 15.3 Å². The van der Waals surface area contributed by atoms with Crippen molar-refractivity contribution in [1.29, 1.82) is 0 Å². The highest BCUT2D eigenvalue weighted by Gasteiger charge is 2.27. The van der Waals surface area contributed by atoms with E-state index in [0.29, 0.717) is 40.6 Å². The highest BCUT2D eigenvalue weighted by Crippen LogP contribution is 2.28. The Bertz CT molecular complexity index is 1460. The molecule has 33 heavy (non-hydrogen) atoms. The number of likely N-dealkylation sites (N-methyl/N-ethyl adjacent to an activating group) is 1. The highest BCUT2D eigenvalue weighted by atomic mass is 16.5. The molecule has 6 rings (SSSR count). The molecule has 0 aliphatic carbocycles. The summed E-state index contributed by atoms with van der Waals surface area (Å²) in [5.41, 5.74) is 3.65. The number of methoxy groups -OCH3 is 1. The van der Waals surface area contributed by atoms with Crippen molar-refractivity contribution < 1.29 is 14.0 Å². The number of ether oxygens (including phenoxy) is 2. The van der Waals surface area contributed by atoms with Crippen LogP contribution in [-0.4, -0.2) is 71.9 Å². The first-order valence-electron chi connectivity index (χ1n) is 10.5. The lowest BCUT2D eigenvalue weighted by molar-refractivity contribution is 0.134. The van der Waals surface area contributed by atoms with E-state index in [1.165, 1.54) is 0 Å². The number of likely N-dealkylation sites (tertiary alicyclic amines) is 1. The van der Waals surface area contributed by atoms with Gasteiger partial charge in [-0.05, 0) is 26.1 Å². The minimum absolute atomic E-state index is 0.211. The topological polar surface area (TPSA) is 122 Å². The standard InChI is InChI=1S/C21H21N9O3/c1-12-6-15(27-33-12)20-25-24-19-7-18(31-3)21(26-30(19)20)32-11-13-4-5-17-16(23-13)8-22-29(17)14-9-28(2)10-14/h4-8,14H,9-11H2,1-3H3. The Morgan fingerprint density at radius 1 is 1.18 bits per heavy atom. The normalized spacial score (nSPS) is 14.8. The first-order chi connectivity index (χ1) is 16.1. The zero-order valence-corrected chi connectivity index (χ0v) is 18.3. The minimum atomic E-state index is 0.211. The molecule has 1 aliphatic rings. The van der Waals surface area contributed by atoms with Crippen LogP contribution in [0.1, 0.15) is 17.5 Å². The molecule has 0 amide bonds. The van der Waals surface area contributed by atoms with Crippen LogP contribution < -0.4 is 9.47 Å². The maximum absolute atomic E-state index is 5.98. The smallest absolute Gasteiger partial charge is 0.275 e. The molecule has 0 saturated carbocycles. The number of hydrogen-bond donors (Lipinski definition) is 0. The van der Waals surface area contributed by atoms with Crippen molar-refractivity contribution in [3.63, 3.8) is 0 Å². The maximum Gasteiger partial charge on any atom is 0.275 e. The third kappa shape index (κ3) is 3.35. The summed E-state index contributed by atoms with van der Waals surface area (Å²) in [6.07, 6.45) is 1.80. The third-order valence-corrected chi connectivity index (χ3v) is 5.66. The number of aryl methyl sites for hydroxylation is 1. The second-order valence-electron chi connectivity index (χ2n) is 8.09. The van der Waals surface area contributed by atoms with Gasteiger partial charge in [-0.1, -0.05) is 5.16 Å². The molecule has 1 aliphatic heterocycles. The molecule has 1 saturated heterocycles. The average Bonchev–Trinajstić information content (AvgIpc) is 3.52. The minimum Gasteiger partial charge on any atom is -0.491 e. The van der Waals surface area contributed by atoms with Crippen molar-refractivity contribution in [2.45, 2.75) is 19.6 Å². The summed E-state index contributed by atoms with van der Waals surface area (Å²) in [6, 6.07) is 7.84. The lowest BCUT2D eigenvalue weighted by atomic mass is 10.1. The fourth-order valence-electron chi connectivity index (χ4n) is 3.99. The van der Waals surface area contributed by atoms with E-state index in [2.05, 4.69) is 37.5 Å². The molecule has 0 radical (unpaired) electrons. The van der Waals surface area contributed by atoms with Crippen LogP contribution in [0.3, 0.4) is 0 Å². The molecule has 0 bridgehead atoms. The zero-order chi connectivity index (χ0) is 22.5. The van der Waals surface area contributed by atoms with Gasteiger partial charge < -0.3 is 18.9 Å². The third-order valence-electron chi connectivity index (χ3n) is 5.66. The molecule has 5 aromatic heterocycles. The van der Waals surface area contributed by atoms with Crippen LogP contribution >= 0.6 is 0 Å². The van der Waals surface area contributed by atoms with Gasteiger partial charge in [-0.25, -0.2) is 4.98 Å². The van der Waals surface area contributed by atoms with E-state index in [-0.39, 0.29) is 6.61 Å². The van der Waals surface area contributed by atoms with Crippen molar-refractivity contribution in [3.05, 3.63) is 41.9 Å². The molecular weight excluding hydrogens is 426 g/mol. The predicted molar refractivity (Wildman–Crippen MR) is 116 cm³/mol. The number of aromatic nitrogens is 8. The summed E-state index contributed by atoms with van der Waals surface area (Å²) in [4.78, 5) is 6.96. The van der Waals surface area contributed by atoms with Crippen LogP contribution in [-0.2, 0) is 6.61 Å². The summed E-state index contributed by atoms with van der Waals surface area (Å²) in [5, 5.41) is 21.4. The Kier molecular flexibility index (Phi) is 4.47. The number of nitrogens with zero attached hydrogens (tertiary/aromatic N) is 9. The number of rotatable bonds is 6. The van der Waals surface area contributed by atoms with Gasteiger partial charge in [-0.2, -0.15) is 9.61 Å². The van der Waals surface area contributed by atoms with Crippen LogP contribution in [0.2, 0.25) is 0 Å². The second kappa shape index (κ2) is 7.52. The Hall–Kier alpha value is -4.06. The van der Waals surface area contributed by atoms with Gasteiger partial charge >= 0.3 is 0 Å². The quantitative estimate of drug-likeness (QED) is 0.381. The number of hydrogen-bond acceptors (Lipinski definition) is 10. The lowest BCUT2D eigenvalue weighted by Gasteiger charge is -2.36. The van der Waals surface area contributed by atoms with Crippen molar-refractivity contribution >= 4 is 16.7 Å². The van der Waals surface area contributed by atoms with E-state index in [4.69, 9.17) is 19.0 Å². The molecule has 1 fully saturated rings. The van der Waals surface area contributed by atoms with E-state index in [9.17, 15) is 0 Å². The zero-order valence-electron chi connectivity index (χ0n) is 18.3. The first-order valence-corrected chi connectivity index (χ1v) is 10.5. The Morgan fingerprint density at radius 2 is 2.06 bits per heavy atom. The van der Waals surface area contributed by atoms with Gasteiger partial charge in [0.05, 0.1) is 30.6 Å². The highest BCUT2D eigenvalue weighted by molar-refractivity contribution is 5.74. The first kappa shape index (κ1) is 19.6. The SMILES string of the molecule is COc1cc2nnc(-c3cc(C)on3)n2nc1OCc1ccc2c(cnn2C2CN(C)C2)n1. The molecule has 0 aromatic carbocycles. The predicted octanol–water partition coefficient (Wildman–Crippen LogP) is 1.91. The molecule has 0 N–H and O–H groups in total. The monoisotopic (exact) mass is 447 g/mol. The number of fused-ring (bicyclic) bond motifs is 2. The van der Waals surface area contributed by atoms with E-state index in [1.54, 1.807) is 30.0 Å². The summed E-state index contributed by atoms with van der Waals surface area (Å²) >= 11 is 0. The van der Waals surface area contributed by atoms with Crippen LogP contribution in [0.5, 0.6) is 11.6 Å². The Morgan fingerprint density at radius 3 is 2.82 bits per heavy atom. The van der Waals surface area contributed by atoms with Crippen molar-refractivity contribution in [1.82, 2.24) is 44.6 Å². The molecule has 12 heteroatoms. The van der Waals surface area contributed by atoms with Gasteiger partial charge in [0.1, 0.15) is 17.9 Å². The molecule has 12 nitrogen and oxygen atoms in total. The lowest BCUT2D eigenvalue weighted by Crippen LogP contribution is -2.45. The molecular formula is C21H21N9O3. The molecule has 6 heterocycles. The summed E-state index contributed by atoms with van der Waals surface area (Å²) in [7, 11) is 3.65. The van der Waals surface area contributed by atoms with Crippen molar-refractivity contribution in [3.8, 4) is 23.1 Å². The fourth-order valence-corrected chi connectivity index (χ4v) is 3.99. The van der Waals surface area contributed by atoms with Gasteiger partial charge in [0.25, 0.3) is 5.88 Å². The van der Waals surface area contributed by atoms with Crippen molar-refractivity contribution in [2.24, 2.45) is 0 Å². The maximum atomic E-state index is 5.98. The van der Waals surface area contributed by atoms with E-state index in [0.717, 1.165) is 29.8 Å². The van der Waals surface area contributed by atoms with E-state index >= 15 is 0 Å². The second-order valence-corrected chi connectivity index (χ2v) is 8.09. The van der Waals surface area contributed by atoms with Crippen LogP contribution in [0.4, 0.5) is 0 Å². The van der Waals surface area contributed by atoms with Gasteiger partial charge in [0, 0.05) is 25.2 Å². The van der Waals surface area contributed by atoms with Crippen LogP contribution in [0.15, 0.2) is 35.0 Å².